The van der Waals surface area contributed by atoms with Crippen LogP contribution in [0.1, 0.15) is 4.11 Å². The van der Waals surface area contributed by atoms with E-state index in [1.807, 2.05) is 0 Å². The summed E-state index contributed by atoms with van der Waals surface area (Å²) in [6, 6.07) is 0. The molecule has 2 heteroatoms. The fourth-order valence-electron chi connectivity index (χ4n) is 0.346. The first kappa shape index (κ1) is 1.80. The van der Waals surface area contributed by atoms with Crippen molar-refractivity contribution in [2.45, 2.75) is 6.10 Å². The Morgan fingerprint density at radius 1 is 2.00 bits per heavy atom. The summed E-state index contributed by atoms with van der Waals surface area (Å²) in [7, 11) is -2.22. The maximum atomic E-state index is 6.68. The molecule has 1 saturated heterocycles. The van der Waals surface area contributed by atoms with Crippen LogP contribution in [-0.2, 0) is 4.74 Å². The molecule has 1 aliphatic rings. The van der Waals surface area contributed by atoms with Gasteiger partial charge in [0.2, 0.25) is 0 Å². The Labute approximate surface area is 41.7 Å². The molecule has 2 nitrogen and oxygen atoms in total. The monoisotopic (exact) mass is 90.1 g/mol. The van der Waals surface area contributed by atoms with Gasteiger partial charge in [0.1, 0.15) is 0 Å². The van der Waals surface area contributed by atoms with E-state index in [1.165, 1.54) is 0 Å². The number of nitrogens with one attached hydrogen (secondary N) is 1. The SMILES string of the molecule is [2H]C([2H])([2H])OC1CNC1. The maximum absolute atomic E-state index is 6.68. The Balaban J connectivity index is 2.16. The Kier molecular flexibility index (Phi) is 0.474. The lowest BCUT2D eigenvalue weighted by Crippen LogP contribution is -2.47. The third-order valence-electron chi connectivity index (χ3n) is 0.911. The van der Waals surface area contributed by atoms with Gasteiger partial charge in [-0.05, 0) is 0 Å². The molecular formula is C4H9NO. The zero-order valence-electron chi connectivity index (χ0n) is 6.40. The highest BCUT2D eigenvalue weighted by atomic mass is 16.5. The summed E-state index contributed by atoms with van der Waals surface area (Å²) in [5, 5.41) is 2.91. The van der Waals surface area contributed by atoms with Crippen LogP contribution >= 0.6 is 0 Å². The molecule has 1 aliphatic heterocycles. The van der Waals surface area contributed by atoms with E-state index in [9.17, 15) is 0 Å². The van der Waals surface area contributed by atoms with Crippen molar-refractivity contribution < 1.29 is 8.85 Å². The van der Waals surface area contributed by atoms with E-state index in [0.717, 1.165) is 0 Å². The van der Waals surface area contributed by atoms with Crippen LogP contribution in [0.4, 0.5) is 0 Å². The van der Waals surface area contributed by atoms with Crippen molar-refractivity contribution in [3.8, 4) is 0 Å². The molecule has 0 bridgehead atoms. The van der Waals surface area contributed by atoms with Crippen LogP contribution in [0, 0.1) is 0 Å². The van der Waals surface area contributed by atoms with Crippen LogP contribution in [0.25, 0.3) is 0 Å². The molecule has 0 aromatic rings. The molecule has 0 aliphatic carbocycles. The lowest BCUT2D eigenvalue weighted by molar-refractivity contribution is 0.0600. The molecule has 1 N–H and O–H groups in total. The Morgan fingerprint density at radius 3 is 3.00 bits per heavy atom. The van der Waals surface area contributed by atoms with Gasteiger partial charge in [-0.25, -0.2) is 0 Å². The predicted octanol–water partition coefficient (Wildman–Crippen LogP) is -0.395. The van der Waals surface area contributed by atoms with E-state index < -0.39 is 7.04 Å². The quantitative estimate of drug-likeness (QED) is 0.473. The van der Waals surface area contributed by atoms with E-state index in [4.69, 9.17) is 4.11 Å². The maximum Gasteiger partial charge on any atom is 0.0819 e. The summed E-state index contributed by atoms with van der Waals surface area (Å²) >= 11 is 0. The van der Waals surface area contributed by atoms with E-state index in [0.29, 0.717) is 13.1 Å². The summed E-state index contributed by atoms with van der Waals surface area (Å²) in [5.41, 5.74) is 0. The van der Waals surface area contributed by atoms with E-state index in [-0.39, 0.29) is 6.10 Å². The third-order valence-corrected chi connectivity index (χ3v) is 0.911. The third kappa shape index (κ3) is 0.533. The molecule has 0 saturated carbocycles. The lowest BCUT2D eigenvalue weighted by Gasteiger charge is -2.24. The normalized spacial score (nSPS) is 33.0. The second-order valence-corrected chi connectivity index (χ2v) is 1.40. The van der Waals surface area contributed by atoms with Crippen LogP contribution in [0.15, 0.2) is 0 Å². The van der Waals surface area contributed by atoms with Crippen molar-refractivity contribution >= 4 is 0 Å². The summed E-state index contributed by atoms with van der Waals surface area (Å²) < 4.78 is 24.7. The van der Waals surface area contributed by atoms with Crippen LogP contribution in [0.2, 0.25) is 0 Å². The molecule has 0 amide bonds. The molecule has 0 aromatic heterocycles. The number of ether oxygens (including phenoxy) is 1. The molecule has 1 fully saturated rings. The second-order valence-electron chi connectivity index (χ2n) is 1.40. The van der Waals surface area contributed by atoms with Crippen molar-refractivity contribution in [3.05, 3.63) is 0 Å². The highest BCUT2D eigenvalue weighted by molar-refractivity contribution is 4.73. The minimum Gasteiger partial charge on any atom is -0.379 e. The Bertz CT molecular complexity index is 98.5. The summed E-state index contributed by atoms with van der Waals surface area (Å²) in [4.78, 5) is 0. The Morgan fingerprint density at radius 2 is 2.83 bits per heavy atom. The largest absolute Gasteiger partial charge is 0.379 e. The predicted molar refractivity (Wildman–Crippen MR) is 23.7 cm³/mol. The molecule has 1 rings (SSSR count). The summed E-state index contributed by atoms with van der Waals surface area (Å²) in [6.45, 7) is 1.33. The average molecular weight is 90.1 g/mol. The first-order chi connectivity index (χ1) is 4.08. The van der Waals surface area contributed by atoms with Gasteiger partial charge in [-0.2, -0.15) is 0 Å². The minimum atomic E-state index is -2.22. The lowest BCUT2D eigenvalue weighted by atomic mass is 10.2. The van der Waals surface area contributed by atoms with E-state index in [1.54, 1.807) is 0 Å². The van der Waals surface area contributed by atoms with Gasteiger partial charge in [0.05, 0.1) is 10.2 Å². The zero-order valence-corrected chi connectivity index (χ0v) is 3.40. The van der Waals surface area contributed by atoms with Crippen molar-refractivity contribution in [1.29, 1.82) is 0 Å². The zero-order chi connectivity index (χ0) is 6.91. The van der Waals surface area contributed by atoms with Crippen LogP contribution in [-0.4, -0.2) is 26.2 Å². The van der Waals surface area contributed by atoms with Gasteiger partial charge in [-0.3, -0.25) is 0 Å². The molecule has 0 radical (unpaired) electrons. The van der Waals surface area contributed by atoms with Crippen LogP contribution in [0.5, 0.6) is 0 Å². The number of hydrogen-bond donors (Lipinski definition) is 1. The van der Waals surface area contributed by atoms with Crippen molar-refractivity contribution in [2.24, 2.45) is 0 Å². The van der Waals surface area contributed by atoms with Crippen molar-refractivity contribution in [2.75, 3.05) is 20.1 Å². The molecule has 1 heterocycles. The number of rotatable bonds is 1. The van der Waals surface area contributed by atoms with E-state index in [2.05, 4.69) is 10.1 Å². The average Bonchev–Trinajstić information content (AvgIpc) is 1.53. The topological polar surface area (TPSA) is 21.3 Å². The fraction of sp³-hybridized carbons (Fsp3) is 1.00. The van der Waals surface area contributed by atoms with Gasteiger partial charge in [-0.15, -0.1) is 0 Å². The van der Waals surface area contributed by atoms with Crippen LogP contribution < -0.4 is 5.32 Å². The van der Waals surface area contributed by atoms with Crippen LogP contribution in [0.3, 0.4) is 0 Å². The summed E-state index contributed by atoms with van der Waals surface area (Å²) in [5.74, 6) is 0. The summed E-state index contributed by atoms with van der Waals surface area (Å²) in [6.07, 6.45) is -0.0995. The van der Waals surface area contributed by atoms with Gasteiger partial charge >= 0.3 is 0 Å². The van der Waals surface area contributed by atoms with Gasteiger partial charge in [0.15, 0.2) is 0 Å². The van der Waals surface area contributed by atoms with Crippen molar-refractivity contribution in [3.63, 3.8) is 0 Å². The molecule has 0 aromatic carbocycles. The standard InChI is InChI=1S/C4H9NO/c1-6-4-2-5-3-4/h4-5H,2-3H2,1H3/i1D3. The highest BCUT2D eigenvalue weighted by Crippen LogP contribution is 1.92. The first-order valence-electron chi connectivity index (χ1n) is 3.46. The number of hydrogen-bond acceptors (Lipinski definition) is 2. The smallest absolute Gasteiger partial charge is 0.0819 e. The van der Waals surface area contributed by atoms with E-state index >= 15 is 0 Å². The highest BCUT2D eigenvalue weighted by Gasteiger charge is 2.13. The molecular weight excluding hydrogens is 78.0 g/mol. The molecule has 36 valence electrons. The first-order valence-corrected chi connectivity index (χ1v) is 1.96. The second kappa shape index (κ2) is 1.58. The molecule has 6 heavy (non-hydrogen) atoms. The van der Waals surface area contributed by atoms with Gasteiger partial charge in [-0.1, -0.05) is 0 Å². The Hall–Kier alpha value is -0.0800. The van der Waals surface area contributed by atoms with Gasteiger partial charge in [0.25, 0.3) is 0 Å². The van der Waals surface area contributed by atoms with Gasteiger partial charge < -0.3 is 10.1 Å². The van der Waals surface area contributed by atoms with Gasteiger partial charge in [0, 0.05) is 20.1 Å². The van der Waals surface area contributed by atoms with Crippen molar-refractivity contribution in [1.82, 2.24) is 5.32 Å². The fourth-order valence-corrected chi connectivity index (χ4v) is 0.346. The minimum absolute atomic E-state index is 0.0995. The molecule has 0 unspecified atom stereocenters. The number of methoxy groups -OCH3 is 1. The molecule has 0 atom stereocenters. The molecule has 0 spiro atoms.